The quantitative estimate of drug-likeness (QED) is 0.435. The summed E-state index contributed by atoms with van der Waals surface area (Å²) in [6.45, 7) is 12.6. The van der Waals surface area contributed by atoms with Crippen molar-refractivity contribution in [1.82, 2.24) is 0 Å². The highest BCUT2D eigenvalue weighted by molar-refractivity contribution is 5.96. The summed E-state index contributed by atoms with van der Waals surface area (Å²) in [5.74, 6) is -0.766. The summed E-state index contributed by atoms with van der Waals surface area (Å²) in [4.78, 5) is 39.4. The van der Waals surface area contributed by atoms with Gasteiger partial charge in [-0.15, -0.1) is 0 Å². The Morgan fingerprint density at radius 2 is 1.86 bits per heavy atom. The molecule has 6 rings (SSSR count). The summed E-state index contributed by atoms with van der Waals surface area (Å²) < 4.78 is 24.2. The summed E-state index contributed by atoms with van der Waals surface area (Å²) in [6, 6.07) is 0. The van der Waals surface area contributed by atoms with Crippen molar-refractivity contribution < 1.29 is 33.3 Å². The van der Waals surface area contributed by atoms with Gasteiger partial charge in [-0.05, 0) is 48.7 Å². The third-order valence-corrected chi connectivity index (χ3v) is 11.1. The van der Waals surface area contributed by atoms with Crippen LogP contribution in [0.2, 0.25) is 0 Å². The summed E-state index contributed by atoms with van der Waals surface area (Å²) in [7, 11) is 0. The SMILES string of the molecule is CC(=O)O[C@@H]1CC2C(C)(C)C=CC(=O)[C@]2(C)C2CC[C@@]3(C)C(C4C=COC4)OC(=O)C4OC43[C@@]21C. The lowest BCUT2D eigenvalue weighted by molar-refractivity contribution is -0.256. The molecule has 3 aliphatic heterocycles. The lowest BCUT2D eigenvalue weighted by Crippen LogP contribution is -2.75. The molecule has 35 heavy (non-hydrogen) atoms. The van der Waals surface area contributed by atoms with E-state index in [0.29, 0.717) is 13.0 Å². The zero-order valence-corrected chi connectivity index (χ0v) is 21.5. The minimum Gasteiger partial charge on any atom is -0.501 e. The molecule has 6 aliphatic rings. The first-order chi connectivity index (χ1) is 16.3. The number of allylic oxidation sites excluding steroid dienone is 2. The topological polar surface area (TPSA) is 91.4 Å². The summed E-state index contributed by atoms with van der Waals surface area (Å²) >= 11 is 0. The van der Waals surface area contributed by atoms with Gasteiger partial charge in [0.05, 0.1) is 18.8 Å². The Morgan fingerprint density at radius 1 is 1.11 bits per heavy atom. The molecule has 7 heteroatoms. The zero-order chi connectivity index (χ0) is 25.2. The van der Waals surface area contributed by atoms with E-state index in [-0.39, 0.29) is 40.9 Å². The molecule has 190 valence electrons. The van der Waals surface area contributed by atoms with E-state index in [2.05, 4.69) is 34.6 Å². The van der Waals surface area contributed by atoms with Crippen LogP contribution >= 0.6 is 0 Å². The molecule has 0 aromatic heterocycles. The monoisotopic (exact) mass is 484 g/mol. The number of hydrogen-bond acceptors (Lipinski definition) is 7. The Bertz CT molecular complexity index is 1080. The predicted molar refractivity (Wildman–Crippen MR) is 125 cm³/mol. The van der Waals surface area contributed by atoms with Crippen molar-refractivity contribution >= 4 is 17.7 Å². The van der Waals surface area contributed by atoms with Crippen molar-refractivity contribution in [3.8, 4) is 0 Å². The van der Waals surface area contributed by atoms with Crippen LogP contribution in [0.3, 0.4) is 0 Å². The largest absolute Gasteiger partial charge is 0.501 e. The highest BCUT2D eigenvalue weighted by atomic mass is 16.7. The Hall–Kier alpha value is -2.15. The van der Waals surface area contributed by atoms with E-state index < -0.39 is 40.2 Å². The smallest absolute Gasteiger partial charge is 0.338 e. The van der Waals surface area contributed by atoms with Gasteiger partial charge in [-0.1, -0.05) is 40.7 Å². The molecule has 4 fully saturated rings. The molecule has 3 heterocycles. The second-order valence-corrected chi connectivity index (χ2v) is 12.9. The molecule has 0 aromatic rings. The van der Waals surface area contributed by atoms with E-state index in [1.807, 2.05) is 12.2 Å². The van der Waals surface area contributed by atoms with Gasteiger partial charge in [0, 0.05) is 23.2 Å². The number of fused-ring (bicyclic) bond motifs is 3. The summed E-state index contributed by atoms with van der Waals surface area (Å²) in [5.41, 5.74) is -3.00. The molecular formula is C28H36O7. The Kier molecular flexibility index (Phi) is 4.51. The second-order valence-electron chi connectivity index (χ2n) is 12.9. The molecule has 3 aliphatic carbocycles. The standard InChI is InChI=1S/C28H36O7/c1-15(29)33-20-13-18-24(2,3)10-8-19(30)26(18,5)17-7-11-25(4)21(16-9-12-32-14-16)34-23(31)22-28(25,35-22)27(17,20)6/h8-10,12,16-18,20-22H,7,11,13-14H2,1-6H3/t16?,17?,18?,20-,21?,22?,25+,26-,27+,28?/m1/s1. The van der Waals surface area contributed by atoms with Gasteiger partial charge in [-0.2, -0.15) is 0 Å². The highest BCUT2D eigenvalue weighted by Crippen LogP contribution is 2.78. The number of esters is 2. The van der Waals surface area contributed by atoms with Gasteiger partial charge >= 0.3 is 11.9 Å². The third kappa shape index (κ3) is 2.53. The normalized spacial score (nSPS) is 52.9. The fourth-order valence-corrected chi connectivity index (χ4v) is 9.52. The maximum atomic E-state index is 13.7. The van der Waals surface area contributed by atoms with Crippen LogP contribution in [-0.2, 0) is 33.3 Å². The fraction of sp³-hybridized carbons (Fsp3) is 0.750. The van der Waals surface area contributed by atoms with Gasteiger partial charge in [0.25, 0.3) is 0 Å². The number of epoxide rings is 1. The molecule has 2 saturated heterocycles. The van der Waals surface area contributed by atoms with Crippen molar-refractivity contribution in [2.24, 2.45) is 39.4 Å². The summed E-state index contributed by atoms with van der Waals surface area (Å²) in [5, 5.41) is 0. The van der Waals surface area contributed by atoms with Crippen LogP contribution < -0.4 is 0 Å². The first kappa shape index (κ1) is 23.3. The predicted octanol–water partition coefficient (Wildman–Crippen LogP) is 3.76. The van der Waals surface area contributed by atoms with E-state index in [0.717, 1.165) is 12.8 Å². The van der Waals surface area contributed by atoms with E-state index >= 15 is 0 Å². The number of hydrogen-bond donors (Lipinski definition) is 0. The van der Waals surface area contributed by atoms with Gasteiger partial charge in [0.2, 0.25) is 0 Å². The highest BCUT2D eigenvalue weighted by Gasteiger charge is 2.89. The van der Waals surface area contributed by atoms with Crippen LogP contribution in [0.1, 0.15) is 60.8 Å². The number of carbonyl (C=O) groups is 3. The number of carbonyl (C=O) groups excluding carboxylic acids is 3. The Morgan fingerprint density at radius 3 is 2.51 bits per heavy atom. The minimum absolute atomic E-state index is 0.00499. The Labute approximate surface area is 206 Å². The molecule has 0 N–H and O–H groups in total. The number of cyclic esters (lactones) is 1. The number of rotatable bonds is 2. The molecule has 0 amide bonds. The van der Waals surface area contributed by atoms with Crippen LogP contribution in [0, 0.1) is 39.4 Å². The average Bonchev–Trinajstić information content (AvgIpc) is 3.35. The fourth-order valence-electron chi connectivity index (χ4n) is 9.52. The molecule has 0 radical (unpaired) electrons. The molecule has 6 unspecified atom stereocenters. The molecule has 7 nitrogen and oxygen atoms in total. The lowest BCUT2D eigenvalue weighted by Gasteiger charge is -2.68. The molecular weight excluding hydrogens is 448 g/mol. The first-order valence-corrected chi connectivity index (χ1v) is 12.9. The number of ether oxygens (including phenoxy) is 4. The zero-order valence-electron chi connectivity index (χ0n) is 21.5. The maximum absolute atomic E-state index is 13.7. The Balaban J connectivity index is 1.54. The second kappa shape index (κ2) is 6.78. The average molecular weight is 485 g/mol. The minimum atomic E-state index is -0.876. The van der Waals surface area contributed by atoms with Crippen molar-refractivity contribution in [1.29, 1.82) is 0 Å². The van der Waals surface area contributed by atoms with Gasteiger partial charge < -0.3 is 18.9 Å². The van der Waals surface area contributed by atoms with E-state index in [1.165, 1.54) is 6.92 Å². The van der Waals surface area contributed by atoms with E-state index in [1.54, 1.807) is 12.3 Å². The van der Waals surface area contributed by atoms with Crippen molar-refractivity contribution in [3.63, 3.8) is 0 Å². The third-order valence-electron chi connectivity index (χ3n) is 11.1. The van der Waals surface area contributed by atoms with Crippen molar-refractivity contribution in [2.45, 2.75) is 84.7 Å². The van der Waals surface area contributed by atoms with Crippen LogP contribution in [0.15, 0.2) is 24.5 Å². The van der Waals surface area contributed by atoms with Gasteiger partial charge in [0.1, 0.15) is 17.8 Å². The molecule has 1 spiro atoms. The van der Waals surface area contributed by atoms with Crippen LogP contribution in [0.4, 0.5) is 0 Å². The molecule has 10 atom stereocenters. The molecule has 0 bridgehead atoms. The molecule has 0 aromatic carbocycles. The first-order valence-electron chi connectivity index (χ1n) is 12.9. The van der Waals surface area contributed by atoms with E-state index in [9.17, 15) is 14.4 Å². The van der Waals surface area contributed by atoms with Crippen molar-refractivity contribution in [2.75, 3.05) is 6.61 Å². The van der Waals surface area contributed by atoms with Crippen LogP contribution in [0.25, 0.3) is 0 Å². The molecule has 2 saturated carbocycles. The maximum Gasteiger partial charge on any atom is 0.338 e. The van der Waals surface area contributed by atoms with Gasteiger partial charge in [-0.3, -0.25) is 9.59 Å². The van der Waals surface area contributed by atoms with Crippen LogP contribution in [-0.4, -0.2) is 48.2 Å². The number of ketones is 1. The van der Waals surface area contributed by atoms with E-state index in [4.69, 9.17) is 18.9 Å². The van der Waals surface area contributed by atoms with Crippen LogP contribution in [0.5, 0.6) is 0 Å². The van der Waals surface area contributed by atoms with Gasteiger partial charge in [-0.25, -0.2) is 4.79 Å². The lowest BCUT2D eigenvalue weighted by atomic mass is 9.35. The summed E-state index contributed by atoms with van der Waals surface area (Å²) in [6.07, 6.45) is 7.85. The van der Waals surface area contributed by atoms with Crippen molar-refractivity contribution in [3.05, 3.63) is 24.5 Å². The van der Waals surface area contributed by atoms with Gasteiger partial charge in [0.15, 0.2) is 11.9 Å².